The molecule has 176 valence electrons. The van der Waals surface area contributed by atoms with Crippen molar-refractivity contribution >= 4 is 23.6 Å². The zero-order valence-electron chi connectivity index (χ0n) is 17.7. The number of rotatable bonds is 1. The molecular formula is C19H23F4N5O4. The second kappa shape index (κ2) is 7.59. The van der Waals surface area contributed by atoms with Crippen LogP contribution in [0, 0.1) is 11.7 Å². The lowest BCUT2D eigenvalue weighted by molar-refractivity contribution is -0.218. The van der Waals surface area contributed by atoms with Crippen molar-refractivity contribution in [2.24, 2.45) is 16.8 Å². The van der Waals surface area contributed by atoms with E-state index in [4.69, 9.17) is 16.4 Å². The lowest BCUT2D eigenvalue weighted by atomic mass is 9.75. The minimum Gasteiger partial charge on any atom is -0.399 e. The number of benzene rings is 1. The summed E-state index contributed by atoms with van der Waals surface area (Å²) in [5.41, 5.74) is 2.22. The van der Waals surface area contributed by atoms with Crippen LogP contribution < -0.4 is 11.6 Å². The third kappa shape index (κ3) is 3.64. The average Bonchev–Trinajstić information content (AvgIpc) is 3.07. The van der Waals surface area contributed by atoms with Gasteiger partial charge in [0.15, 0.2) is 6.10 Å². The van der Waals surface area contributed by atoms with E-state index in [2.05, 4.69) is 9.83 Å². The quantitative estimate of drug-likeness (QED) is 0.375. The van der Waals surface area contributed by atoms with E-state index in [1.54, 1.807) is 20.8 Å². The molecule has 0 aromatic heterocycles. The number of aliphatic imine (C=N–C) groups is 1. The van der Waals surface area contributed by atoms with E-state index >= 15 is 0 Å². The number of hydrogen-bond donors (Lipinski definition) is 2. The number of nitrogen functional groups attached to an aromatic ring is 1. The number of carbonyl (C=O) groups is 2. The first-order valence-electron chi connectivity index (χ1n) is 9.47. The molecule has 13 heteroatoms. The van der Waals surface area contributed by atoms with Gasteiger partial charge in [-0.1, -0.05) is 0 Å². The van der Waals surface area contributed by atoms with Crippen LogP contribution in [-0.4, -0.2) is 59.2 Å². The van der Waals surface area contributed by atoms with E-state index in [9.17, 15) is 27.2 Å². The molecule has 1 aromatic rings. The summed E-state index contributed by atoms with van der Waals surface area (Å²) in [4.78, 5) is 36.1. The van der Waals surface area contributed by atoms with Crippen molar-refractivity contribution in [3.05, 3.63) is 29.6 Å². The van der Waals surface area contributed by atoms with E-state index < -0.39 is 53.7 Å². The monoisotopic (exact) mass is 461 g/mol. The first kappa shape index (κ1) is 23.7. The predicted octanol–water partition coefficient (Wildman–Crippen LogP) is 2.12. The van der Waals surface area contributed by atoms with Gasteiger partial charge < -0.3 is 15.3 Å². The van der Waals surface area contributed by atoms with Gasteiger partial charge in [-0.3, -0.25) is 9.69 Å². The minimum absolute atomic E-state index is 0.0437. The van der Waals surface area contributed by atoms with Gasteiger partial charge in [-0.2, -0.15) is 19.1 Å². The highest BCUT2D eigenvalue weighted by Gasteiger charge is 2.67. The molecule has 0 bridgehead atoms. The number of amides is 2. The van der Waals surface area contributed by atoms with Gasteiger partial charge >= 0.3 is 12.3 Å². The van der Waals surface area contributed by atoms with E-state index in [0.29, 0.717) is 0 Å². The van der Waals surface area contributed by atoms with Gasteiger partial charge in [-0.05, 0) is 39.0 Å². The second-order valence-corrected chi connectivity index (χ2v) is 8.61. The molecule has 1 fully saturated rings. The fourth-order valence-corrected chi connectivity index (χ4v) is 4.02. The standard InChI is InChI=1S/C19H23F4N5O4/c1-17(2,3)28(16(30)32-25)15-26-18(10-7-9(24)5-6-11(10)20)8-31-13(19(21,22)23)12(18)14(29)27(15)4/h5-7,12-13H,8,24-25H2,1-4H3/t12-,13-,18+/m0/s1. The molecule has 2 amide bonds. The molecule has 0 saturated carbocycles. The Morgan fingerprint density at radius 1 is 1.34 bits per heavy atom. The van der Waals surface area contributed by atoms with Crippen LogP contribution in [0.3, 0.4) is 0 Å². The molecule has 4 N–H and O–H groups in total. The lowest BCUT2D eigenvalue weighted by Crippen LogP contribution is -2.63. The Bertz CT molecular complexity index is 977. The van der Waals surface area contributed by atoms with Crippen molar-refractivity contribution < 1.29 is 36.7 Å². The van der Waals surface area contributed by atoms with E-state index in [0.717, 1.165) is 29.0 Å². The molecule has 2 aliphatic rings. The van der Waals surface area contributed by atoms with Crippen molar-refractivity contribution in [2.75, 3.05) is 19.4 Å². The van der Waals surface area contributed by atoms with E-state index in [1.807, 2.05) is 0 Å². The summed E-state index contributed by atoms with van der Waals surface area (Å²) in [6.45, 7) is 3.91. The number of fused-ring (bicyclic) bond motifs is 1. The fourth-order valence-electron chi connectivity index (χ4n) is 4.02. The smallest absolute Gasteiger partial charge is 0.399 e. The van der Waals surface area contributed by atoms with Crippen LogP contribution in [0.2, 0.25) is 0 Å². The summed E-state index contributed by atoms with van der Waals surface area (Å²) in [6.07, 6.45) is -8.61. The van der Waals surface area contributed by atoms with Crippen LogP contribution in [-0.2, 0) is 19.9 Å². The third-order valence-electron chi connectivity index (χ3n) is 5.43. The van der Waals surface area contributed by atoms with Gasteiger partial charge in [0, 0.05) is 23.8 Å². The maximum Gasteiger partial charge on any atom is 0.435 e. The number of nitrogens with two attached hydrogens (primary N) is 2. The van der Waals surface area contributed by atoms with Crippen molar-refractivity contribution in [3.8, 4) is 0 Å². The number of halogens is 4. The van der Waals surface area contributed by atoms with Crippen LogP contribution in [0.1, 0.15) is 26.3 Å². The molecule has 2 heterocycles. The third-order valence-corrected chi connectivity index (χ3v) is 5.43. The number of guanidine groups is 1. The number of ether oxygens (including phenoxy) is 1. The number of hydrogen-bond acceptors (Lipinski definition) is 7. The van der Waals surface area contributed by atoms with Crippen LogP contribution >= 0.6 is 0 Å². The molecule has 3 atom stereocenters. The Balaban J connectivity index is 2.35. The Morgan fingerprint density at radius 3 is 2.50 bits per heavy atom. The van der Waals surface area contributed by atoms with Crippen molar-refractivity contribution in [1.29, 1.82) is 0 Å². The first-order valence-corrected chi connectivity index (χ1v) is 9.47. The molecular weight excluding hydrogens is 438 g/mol. The summed E-state index contributed by atoms with van der Waals surface area (Å²) < 4.78 is 61.2. The van der Waals surface area contributed by atoms with Gasteiger partial charge in [0.1, 0.15) is 17.3 Å². The normalized spacial score (nSPS) is 26.0. The molecule has 0 unspecified atom stereocenters. The Labute approximate surface area is 180 Å². The Kier molecular flexibility index (Phi) is 5.63. The molecule has 1 saturated heterocycles. The van der Waals surface area contributed by atoms with Crippen LogP contribution in [0.25, 0.3) is 0 Å². The number of anilines is 1. The lowest BCUT2D eigenvalue weighted by Gasteiger charge is -2.45. The molecule has 32 heavy (non-hydrogen) atoms. The predicted molar refractivity (Wildman–Crippen MR) is 104 cm³/mol. The summed E-state index contributed by atoms with van der Waals surface area (Å²) in [6, 6.07) is 3.29. The average molecular weight is 461 g/mol. The molecule has 2 aliphatic heterocycles. The Hall–Kier alpha value is -2.93. The number of alkyl halides is 3. The Morgan fingerprint density at radius 2 is 1.97 bits per heavy atom. The zero-order valence-corrected chi connectivity index (χ0v) is 17.7. The highest BCUT2D eigenvalue weighted by molar-refractivity contribution is 6.06. The summed E-state index contributed by atoms with van der Waals surface area (Å²) in [5.74, 6) is 0.699. The van der Waals surface area contributed by atoms with Crippen molar-refractivity contribution in [3.63, 3.8) is 0 Å². The maximum absolute atomic E-state index is 14.9. The molecule has 0 spiro atoms. The van der Waals surface area contributed by atoms with E-state index in [-0.39, 0.29) is 17.2 Å². The number of nitrogens with zero attached hydrogens (tertiary/aromatic N) is 3. The molecule has 3 rings (SSSR count). The summed E-state index contributed by atoms with van der Waals surface area (Å²) in [7, 11) is 1.15. The first-order chi connectivity index (χ1) is 14.6. The van der Waals surface area contributed by atoms with Crippen molar-refractivity contribution in [2.45, 2.75) is 44.1 Å². The number of carbonyl (C=O) groups excluding carboxylic acids is 2. The van der Waals surface area contributed by atoms with E-state index in [1.165, 1.54) is 6.07 Å². The van der Waals surface area contributed by atoms with Crippen LogP contribution in [0.4, 0.5) is 28.0 Å². The minimum atomic E-state index is -4.94. The highest BCUT2D eigenvalue weighted by Crippen LogP contribution is 2.51. The largest absolute Gasteiger partial charge is 0.435 e. The summed E-state index contributed by atoms with van der Waals surface area (Å²) in [5, 5.41) is 0. The fraction of sp³-hybridized carbons (Fsp3) is 0.526. The van der Waals surface area contributed by atoms with Crippen LogP contribution in [0.5, 0.6) is 0 Å². The van der Waals surface area contributed by atoms with Gasteiger partial charge in [0.05, 0.1) is 6.61 Å². The molecule has 0 aliphatic carbocycles. The molecule has 1 aromatic carbocycles. The SMILES string of the molecule is CN1C(=O)[C@@H]2[C@@H](C(F)(F)F)OC[C@]2(c2cc(N)ccc2F)N=C1N(C(=O)ON)C(C)(C)C. The second-order valence-electron chi connectivity index (χ2n) is 8.61. The molecule has 0 radical (unpaired) electrons. The van der Waals surface area contributed by atoms with Gasteiger partial charge in [0.25, 0.3) is 0 Å². The molecule has 9 nitrogen and oxygen atoms in total. The zero-order chi connectivity index (χ0) is 24.2. The van der Waals surface area contributed by atoms with Gasteiger partial charge in [-0.15, -0.1) is 0 Å². The maximum atomic E-state index is 14.9. The summed E-state index contributed by atoms with van der Waals surface area (Å²) >= 11 is 0. The topological polar surface area (TPSA) is 123 Å². The van der Waals surface area contributed by atoms with Crippen molar-refractivity contribution in [1.82, 2.24) is 9.80 Å². The van der Waals surface area contributed by atoms with Gasteiger partial charge in [-0.25, -0.2) is 19.1 Å². The highest BCUT2D eigenvalue weighted by atomic mass is 19.4. The van der Waals surface area contributed by atoms with Crippen LogP contribution in [0.15, 0.2) is 23.2 Å². The van der Waals surface area contributed by atoms with Gasteiger partial charge in [0.2, 0.25) is 11.9 Å².